The number of benzene rings is 3. The molecule has 0 spiro atoms. The summed E-state index contributed by atoms with van der Waals surface area (Å²) in [4.78, 5) is 27.9. The number of carbonyl (C=O) groups is 1. The minimum absolute atomic E-state index is 0.00200. The summed E-state index contributed by atoms with van der Waals surface area (Å²) in [6, 6.07) is 16.3. The van der Waals surface area contributed by atoms with Crippen molar-refractivity contribution in [2.75, 3.05) is 25.1 Å². The largest absolute Gasteiger partial charge is 0.506 e. The van der Waals surface area contributed by atoms with Crippen LogP contribution in [0.1, 0.15) is 72.3 Å². The highest BCUT2D eigenvalue weighted by molar-refractivity contribution is 5.96. The van der Waals surface area contributed by atoms with Crippen LogP contribution in [0.25, 0.3) is 21.8 Å². The Labute approximate surface area is 285 Å². The molecule has 258 valence electrons. The molecule has 1 unspecified atom stereocenters. The summed E-state index contributed by atoms with van der Waals surface area (Å²) in [5, 5.41) is 37.8. The Kier molecular flexibility index (Phi) is 10.6. The van der Waals surface area contributed by atoms with Crippen LogP contribution in [0.5, 0.6) is 5.75 Å². The Morgan fingerprint density at radius 3 is 2.69 bits per heavy atom. The Morgan fingerprint density at radius 1 is 1.10 bits per heavy atom. The number of fused-ring (bicyclic) bond motifs is 2. The second-order valence-electron chi connectivity index (χ2n) is 12.9. The standard InChI is InChI=1S/C38H46N6O5/c1-4-25-19-32-31(21-41-44(32)5-2)36(42-27-13-15-49-16-14-27)30(25)20-40-38(48)26-8-6-7-24(18-26)17-23(3)39-22-34(46)28-9-11-33(45)37-29(28)10-12-35(47)43-37/h6-12,18-19,21,23,27,34,39,42,45-46H,4-5,13-17,20,22H2,1-3H3,(H,40,48)(H,43,47)/t23?,34-/m0/s1. The molecule has 11 nitrogen and oxygen atoms in total. The number of hydrogen-bond donors (Lipinski definition) is 6. The number of aryl methyl sites for hydroxylation is 2. The Bertz CT molecular complexity index is 2000. The van der Waals surface area contributed by atoms with Gasteiger partial charge in [0.05, 0.1) is 29.0 Å². The fourth-order valence-corrected chi connectivity index (χ4v) is 6.80. The maximum atomic E-state index is 13.5. The van der Waals surface area contributed by atoms with E-state index in [9.17, 15) is 19.8 Å². The summed E-state index contributed by atoms with van der Waals surface area (Å²) in [5.41, 5.74) is 6.59. The highest BCUT2D eigenvalue weighted by Gasteiger charge is 2.22. The molecule has 0 aliphatic carbocycles. The Morgan fingerprint density at radius 2 is 1.92 bits per heavy atom. The Hall–Kier alpha value is -4.71. The number of nitrogens with one attached hydrogen (secondary N) is 4. The lowest BCUT2D eigenvalue weighted by molar-refractivity contribution is 0.0904. The lowest BCUT2D eigenvalue weighted by Gasteiger charge is -2.27. The molecule has 6 rings (SSSR count). The number of phenols is 1. The zero-order chi connectivity index (χ0) is 34.5. The van der Waals surface area contributed by atoms with Gasteiger partial charge in [-0.2, -0.15) is 5.10 Å². The van der Waals surface area contributed by atoms with Crippen molar-refractivity contribution in [2.24, 2.45) is 0 Å². The molecule has 1 aliphatic rings. The summed E-state index contributed by atoms with van der Waals surface area (Å²) in [5.74, 6) is -0.185. The quantitative estimate of drug-likeness (QED) is 0.103. The van der Waals surface area contributed by atoms with Crippen molar-refractivity contribution in [2.45, 2.75) is 77.7 Å². The molecule has 1 saturated heterocycles. The molecule has 6 N–H and O–H groups in total. The molecular formula is C38H46N6O5. The van der Waals surface area contributed by atoms with E-state index in [2.05, 4.69) is 45.9 Å². The summed E-state index contributed by atoms with van der Waals surface area (Å²) in [6.45, 7) is 9.18. The van der Waals surface area contributed by atoms with E-state index in [0.717, 1.165) is 66.7 Å². The van der Waals surface area contributed by atoms with E-state index in [-0.39, 0.29) is 29.8 Å². The van der Waals surface area contributed by atoms with E-state index in [1.165, 1.54) is 17.7 Å². The van der Waals surface area contributed by atoms with E-state index in [4.69, 9.17) is 4.74 Å². The molecule has 2 atom stereocenters. The van der Waals surface area contributed by atoms with E-state index in [0.29, 0.717) is 41.0 Å². The fourth-order valence-electron chi connectivity index (χ4n) is 6.80. The van der Waals surface area contributed by atoms with Gasteiger partial charge in [-0.05, 0) is 92.1 Å². The first-order valence-electron chi connectivity index (χ1n) is 17.2. The Balaban J connectivity index is 1.12. The molecule has 0 radical (unpaired) electrons. The summed E-state index contributed by atoms with van der Waals surface area (Å²) < 4.78 is 7.62. The van der Waals surface area contributed by atoms with Gasteiger partial charge in [-0.25, -0.2) is 0 Å². The number of aliphatic hydroxyl groups is 1. The van der Waals surface area contributed by atoms with Crippen molar-refractivity contribution in [3.63, 3.8) is 0 Å². The molecular weight excluding hydrogens is 620 g/mol. The number of anilines is 1. The molecule has 5 aromatic rings. The smallest absolute Gasteiger partial charge is 0.251 e. The number of amides is 1. The molecule has 1 amide bonds. The van der Waals surface area contributed by atoms with Crippen LogP contribution >= 0.6 is 0 Å². The van der Waals surface area contributed by atoms with Crippen LogP contribution in [0.3, 0.4) is 0 Å². The molecule has 49 heavy (non-hydrogen) atoms. The monoisotopic (exact) mass is 666 g/mol. The lowest BCUT2D eigenvalue weighted by atomic mass is 9.98. The number of hydrogen-bond acceptors (Lipinski definition) is 8. The van der Waals surface area contributed by atoms with Crippen molar-refractivity contribution < 1.29 is 19.7 Å². The predicted molar refractivity (Wildman–Crippen MR) is 192 cm³/mol. The third-order valence-corrected chi connectivity index (χ3v) is 9.48. The third-order valence-electron chi connectivity index (χ3n) is 9.48. The van der Waals surface area contributed by atoms with Gasteiger partial charge in [0.25, 0.3) is 5.91 Å². The second-order valence-corrected chi connectivity index (χ2v) is 12.9. The first-order chi connectivity index (χ1) is 23.7. The SMILES string of the molecule is CCc1cc2c(cnn2CC)c(NC2CCOCC2)c1CNC(=O)c1cccc(CC(C)NC[C@H](O)c2ccc(O)c3[nH]c(=O)ccc23)c1. The van der Waals surface area contributed by atoms with Gasteiger partial charge >= 0.3 is 0 Å². The maximum absolute atomic E-state index is 13.5. The molecule has 3 aromatic carbocycles. The summed E-state index contributed by atoms with van der Waals surface area (Å²) in [7, 11) is 0. The number of aromatic hydroxyl groups is 1. The van der Waals surface area contributed by atoms with E-state index in [1.807, 2.05) is 42.1 Å². The highest BCUT2D eigenvalue weighted by atomic mass is 16.5. The number of nitrogens with zero attached hydrogens (tertiary/aromatic N) is 2. The molecule has 2 aromatic heterocycles. The zero-order valence-electron chi connectivity index (χ0n) is 28.4. The van der Waals surface area contributed by atoms with Crippen molar-refractivity contribution in [1.82, 2.24) is 25.4 Å². The van der Waals surface area contributed by atoms with Crippen molar-refractivity contribution >= 4 is 33.4 Å². The van der Waals surface area contributed by atoms with Crippen molar-refractivity contribution in [3.8, 4) is 5.75 Å². The minimum atomic E-state index is -0.858. The van der Waals surface area contributed by atoms with Crippen molar-refractivity contribution in [3.05, 3.63) is 99.0 Å². The van der Waals surface area contributed by atoms with Crippen LogP contribution in [0, 0.1) is 0 Å². The summed E-state index contributed by atoms with van der Waals surface area (Å²) in [6.07, 6.45) is 4.41. The molecule has 1 aliphatic heterocycles. The van der Waals surface area contributed by atoms with Gasteiger partial charge in [-0.1, -0.05) is 25.1 Å². The molecule has 0 saturated carbocycles. The summed E-state index contributed by atoms with van der Waals surface area (Å²) >= 11 is 0. The predicted octanol–water partition coefficient (Wildman–Crippen LogP) is 4.94. The van der Waals surface area contributed by atoms with Gasteiger partial charge in [0.2, 0.25) is 5.56 Å². The third kappa shape index (κ3) is 7.64. The van der Waals surface area contributed by atoms with Crippen LogP contribution in [0.15, 0.2) is 65.6 Å². The first kappa shape index (κ1) is 34.2. The number of pyridine rings is 1. The maximum Gasteiger partial charge on any atom is 0.251 e. The molecule has 11 heteroatoms. The van der Waals surface area contributed by atoms with Gasteiger partial charge in [-0.15, -0.1) is 0 Å². The number of H-pyrrole nitrogens is 1. The van der Waals surface area contributed by atoms with E-state index >= 15 is 0 Å². The van der Waals surface area contributed by atoms with Crippen LogP contribution in [0.4, 0.5) is 5.69 Å². The van der Waals surface area contributed by atoms with E-state index in [1.54, 1.807) is 12.1 Å². The van der Waals surface area contributed by atoms with Gasteiger partial charge in [-0.3, -0.25) is 14.3 Å². The average molecular weight is 667 g/mol. The molecule has 3 heterocycles. The van der Waals surface area contributed by atoms with Gasteiger partial charge in [0.1, 0.15) is 5.75 Å². The highest BCUT2D eigenvalue weighted by Crippen LogP contribution is 2.33. The van der Waals surface area contributed by atoms with E-state index < -0.39 is 6.10 Å². The number of aromatic amines is 1. The number of ether oxygens (including phenoxy) is 1. The number of rotatable bonds is 13. The number of aromatic nitrogens is 3. The van der Waals surface area contributed by atoms with Crippen LogP contribution < -0.4 is 21.5 Å². The first-order valence-corrected chi connectivity index (χ1v) is 17.2. The number of aliphatic hydroxyl groups excluding tert-OH is 1. The van der Waals surface area contributed by atoms with Gasteiger partial charge < -0.3 is 35.9 Å². The number of phenolic OH excluding ortho intramolecular Hbond substituents is 1. The van der Waals surface area contributed by atoms with Gasteiger partial charge in [0, 0.05) is 67.3 Å². The van der Waals surface area contributed by atoms with Gasteiger partial charge in [0.15, 0.2) is 0 Å². The average Bonchev–Trinajstić information content (AvgIpc) is 3.53. The normalized spacial score (nSPS) is 15.0. The van der Waals surface area contributed by atoms with Crippen LogP contribution in [0.2, 0.25) is 0 Å². The second kappa shape index (κ2) is 15.2. The van der Waals surface area contributed by atoms with Crippen LogP contribution in [-0.2, 0) is 30.7 Å². The topological polar surface area (TPSA) is 154 Å². The lowest BCUT2D eigenvalue weighted by Crippen LogP contribution is -2.32. The number of carbonyl (C=O) groups excluding carboxylic acids is 1. The molecule has 1 fully saturated rings. The minimum Gasteiger partial charge on any atom is -0.506 e. The zero-order valence-corrected chi connectivity index (χ0v) is 28.4. The fraction of sp³-hybridized carbons (Fsp3) is 0.395. The van der Waals surface area contributed by atoms with Crippen LogP contribution in [-0.4, -0.2) is 62.7 Å². The van der Waals surface area contributed by atoms with Crippen molar-refractivity contribution in [1.29, 1.82) is 0 Å². The molecule has 0 bridgehead atoms.